The predicted molar refractivity (Wildman–Crippen MR) is 147 cm³/mol. The van der Waals surface area contributed by atoms with Crippen LogP contribution in [0.15, 0.2) is 97.1 Å². The summed E-state index contributed by atoms with van der Waals surface area (Å²) in [6, 6.07) is 26.0. The van der Waals surface area contributed by atoms with Gasteiger partial charge in [-0.25, -0.2) is 4.39 Å². The maximum atomic E-state index is 14.8. The molecule has 0 aromatic heterocycles. The van der Waals surface area contributed by atoms with Crippen LogP contribution in [0, 0.1) is 11.7 Å². The summed E-state index contributed by atoms with van der Waals surface area (Å²) in [6.45, 7) is 0. The van der Waals surface area contributed by atoms with E-state index in [4.69, 9.17) is 4.74 Å². The first-order valence-corrected chi connectivity index (χ1v) is 12.9. The summed E-state index contributed by atoms with van der Waals surface area (Å²) < 4.78 is 19.6. The normalized spacial score (nSPS) is 25.9. The summed E-state index contributed by atoms with van der Waals surface area (Å²) >= 11 is 0. The third kappa shape index (κ3) is 3.05. The van der Waals surface area contributed by atoms with Gasteiger partial charge in [-0.2, -0.15) is 0 Å². The highest BCUT2D eigenvalue weighted by Gasteiger charge is 2.75. The van der Waals surface area contributed by atoms with Crippen LogP contribution < -0.4 is 20.7 Å². The lowest BCUT2D eigenvalue weighted by Crippen LogP contribution is -2.54. The van der Waals surface area contributed by atoms with Crippen LogP contribution in [0.2, 0.25) is 0 Å². The first-order chi connectivity index (χ1) is 19.4. The summed E-state index contributed by atoms with van der Waals surface area (Å²) in [7, 11) is 1.52. The maximum Gasteiger partial charge on any atom is 0.250 e. The number of hydrogen-bond donors (Lipinski definition) is 3. The Morgan fingerprint density at radius 3 is 2.23 bits per heavy atom. The SMILES string of the molecule is COc1ccc2c(c1)[C@@]1(N[C@H](c3ccc(F)cc3)[C@]3(C(=O)Nc4ccccc43)[C@H]1C(=O)c1ccccc1)C(=O)N2. The number of ether oxygens (including phenoxy) is 1. The molecular weight excluding hydrogens is 509 g/mol. The Bertz CT molecular complexity index is 1710. The van der Waals surface area contributed by atoms with E-state index in [9.17, 15) is 18.8 Å². The molecule has 0 saturated carbocycles. The van der Waals surface area contributed by atoms with E-state index in [1.54, 1.807) is 72.8 Å². The Hall–Kier alpha value is -4.82. The number of fused-ring (bicyclic) bond motifs is 4. The van der Waals surface area contributed by atoms with Crippen LogP contribution in [0.1, 0.15) is 33.1 Å². The average Bonchev–Trinajstić information content (AvgIpc) is 3.57. The van der Waals surface area contributed by atoms with E-state index in [0.29, 0.717) is 39.4 Å². The molecule has 3 heterocycles. The molecule has 40 heavy (non-hydrogen) atoms. The summed E-state index contributed by atoms with van der Waals surface area (Å²) in [5, 5.41) is 9.42. The summed E-state index contributed by atoms with van der Waals surface area (Å²) in [6.07, 6.45) is 0. The van der Waals surface area contributed by atoms with E-state index in [0.717, 1.165) is 0 Å². The number of halogens is 1. The van der Waals surface area contributed by atoms with Crippen molar-refractivity contribution in [3.8, 4) is 5.75 Å². The van der Waals surface area contributed by atoms with Crippen LogP contribution in [0.3, 0.4) is 0 Å². The number of methoxy groups -OCH3 is 1. The standard InChI is InChI=1S/C32H24FN3O4/c1-40-21-15-16-25-23(17-21)32(30(39)35-25)27(26(37)18-7-3-2-4-8-18)31(22-9-5-6-10-24(22)34-29(31)38)28(36-32)19-11-13-20(33)14-12-19/h2-17,27-28,36H,1H3,(H,34,38)(H,35,39)/t27-,28-,31-,32+/m1/s1. The second kappa shape index (κ2) is 8.59. The van der Waals surface area contributed by atoms with Gasteiger partial charge in [0.15, 0.2) is 5.78 Å². The van der Waals surface area contributed by atoms with Gasteiger partial charge in [-0.1, -0.05) is 60.7 Å². The minimum absolute atomic E-state index is 0.365. The van der Waals surface area contributed by atoms with E-state index in [1.807, 2.05) is 12.1 Å². The molecule has 7 nitrogen and oxygen atoms in total. The van der Waals surface area contributed by atoms with E-state index in [2.05, 4.69) is 16.0 Å². The number of benzene rings is 4. The molecule has 3 aliphatic heterocycles. The largest absolute Gasteiger partial charge is 0.497 e. The van der Waals surface area contributed by atoms with Crippen molar-refractivity contribution < 1.29 is 23.5 Å². The van der Waals surface area contributed by atoms with Gasteiger partial charge < -0.3 is 15.4 Å². The zero-order chi connectivity index (χ0) is 27.6. The molecule has 0 aliphatic carbocycles. The quantitative estimate of drug-likeness (QED) is 0.330. The van der Waals surface area contributed by atoms with Crippen LogP contribution >= 0.6 is 0 Å². The van der Waals surface area contributed by atoms with Crippen LogP contribution in [0.5, 0.6) is 5.75 Å². The lowest BCUT2D eigenvalue weighted by Gasteiger charge is -2.36. The second-order valence-electron chi connectivity index (χ2n) is 10.3. The van der Waals surface area contributed by atoms with Gasteiger partial charge in [-0.15, -0.1) is 0 Å². The molecule has 4 aromatic carbocycles. The van der Waals surface area contributed by atoms with Gasteiger partial charge in [0, 0.05) is 22.5 Å². The molecule has 4 atom stereocenters. The number of carbonyl (C=O) groups excluding carboxylic acids is 3. The van der Waals surface area contributed by atoms with Gasteiger partial charge in [-0.05, 0) is 47.5 Å². The van der Waals surface area contributed by atoms with Gasteiger partial charge in [0.25, 0.3) is 0 Å². The molecule has 0 bridgehead atoms. The number of carbonyl (C=O) groups is 3. The lowest BCUT2D eigenvalue weighted by atomic mass is 9.59. The summed E-state index contributed by atoms with van der Waals surface area (Å²) in [5.41, 5.74) is -0.0772. The number of amides is 2. The van der Waals surface area contributed by atoms with Crippen LogP contribution in [0.25, 0.3) is 0 Å². The molecule has 1 fully saturated rings. The Labute approximate surface area is 229 Å². The third-order valence-corrected chi connectivity index (χ3v) is 8.49. The predicted octanol–water partition coefficient (Wildman–Crippen LogP) is 4.72. The zero-order valence-electron chi connectivity index (χ0n) is 21.4. The molecule has 4 aromatic rings. The number of hydrogen-bond acceptors (Lipinski definition) is 5. The molecule has 0 unspecified atom stereocenters. The highest BCUT2D eigenvalue weighted by molar-refractivity contribution is 6.18. The number of para-hydroxylation sites is 1. The number of nitrogens with one attached hydrogen (secondary N) is 3. The van der Waals surface area contributed by atoms with Crippen molar-refractivity contribution >= 4 is 29.0 Å². The first-order valence-electron chi connectivity index (χ1n) is 12.9. The Balaban J connectivity index is 1.59. The van der Waals surface area contributed by atoms with Gasteiger partial charge in [0.2, 0.25) is 11.8 Å². The van der Waals surface area contributed by atoms with Crippen molar-refractivity contribution in [3.63, 3.8) is 0 Å². The number of anilines is 2. The smallest absolute Gasteiger partial charge is 0.250 e. The van der Waals surface area contributed by atoms with E-state index in [1.165, 1.54) is 19.2 Å². The van der Waals surface area contributed by atoms with E-state index in [-0.39, 0.29) is 5.78 Å². The van der Waals surface area contributed by atoms with E-state index < -0.39 is 40.5 Å². The topological polar surface area (TPSA) is 96.5 Å². The van der Waals surface area contributed by atoms with Gasteiger partial charge in [0.1, 0.15) is 22.5 Å². The van der Waals surface area contributed by atoms with Gasteiger partial charge >= 0.3 is 0 Å². The molecule has 1 saturated heterocycles. The molecule has 3 N–H and O–H groups in total. The first kappa shape index (κ1) is 24.2. The van der Waals surface area contributed by atoms with Crippen LogP contribution in [-0.2, 0) is 20.5 Å². The minimum Gasteiger partial charge on any atom is -0.497 e. The fourth-order valence-electron chi connectivity index (χ4n) is 6.84. The van der Waals surface area contributed by atoms with Crippen molar-refractivity contribution in [1.82, 2.24) is 5.32 Å². The Kier molecular flexibility index (Phi) is 5.21. The average molecular weight is 534 g/mol. The van der Waals surface area contributed by atoms with Crippen LogP contribution in [0.4, 0.5) is 15.8 Å². The second-order valence-corrected chi connectivity index (χ2v) is 10.3. The molecule has 2 amide bonds. The number of ketones is 1. The van der Waals surface area contributed by atoms with Crippen molar-refractivity contribution in [2.45, 2.75) is 17.0 Å². The van der Waals surface area contributed by atoms with E-state index >= 15 is 0 Å². The molecule has 0 radical (unpaired) electrons. The molecule has 2 spiro atoms. The van der Waals surface area contributed by atoms with Gasteiger partial charge in [0.05, 0.1) is 19.1 Å². The van der Waals surface area contributed by atoms with Gasteiger partial charge in [-0.3, -0.25) is 19.7 Å². The zero-order valence-corrected chi connectivity index (χ0v) is 21.4. The fraction of sp³-hybridized carbons (Fsp3) is 0.156. The highest BCUT2D eigenvalue weighted by atomic mass is 19.1. The third-order valence-electron chi connectivity index (χ3n) is 8.49. The van der Waals surface area contributed by atoms with Crippen molar-refractivity contribution in [2.75, 3.05) is 17.7 Å². The van der Waals surface area contributed by atoms with Crippen molar-refractivity contribution in [1.29, 1.82) is 0 Å². The molecule has 8 heteroatoms. The Morgan fingerprint density at radius 2 is 1.48 bits per heavy atom. The Morgan fingerprint density at radius 1 is 0.800 bits per heavy atom. The fourth-order valence-corrected chi connectivity index (χ4v) is 6.84. The molecular formula is C32H24FN3O4. The summed E-state index contributed by atoms with van der Waals surface area (Å²) in [4.78, 5) is 43.4. The molecule has 198 valence electrons. The van der Waals surface area contributed by atoms with Crippen LogP contribution in [-0.4, -0.2) is 24.7 Å². The minimum atomic E-state index is -1.65. The van der Waals surface area contributed by atoms with Crippen molar-refractivity contribution in [3.05, 3.63) is 125 Å². The summed E-state index contributed by atoms with van der Waals surface area (Å²) in [5.74, 6) is -2.38. The van der Waals surface area contributed by atoms with Crippen molar-refractivity contribution in [2.24, 2.45) is 5.92 Å². The maximum absolute atomic E-state index is 14.8. The molecule has 3 aliphatic rings. The number of rotatable bonds is 4. The molecule has 7 rings (SSSR count). The lowest BCUT2D eigenvalue weighted by molar-refractivity contribution is -0.124. The monoisotopic (exact) mass is 533 g/mol. The number of Topliss-reactive ketones (excluding diaryl/α,β-unsaturated/α-hetero) is 1. The highest BCUT2D eigenvalue weighted by Crippen LogP contribution is 2.64.